The summed E-state index contributed by atoms with van der Waals surface area (Å²) in [5.41, 5.74) is 0. The van der Waals surface area contributed by atoms with Crippen molar-refractivity contribution in [3.63, 3.8) is 0 Å². The summed E-state index contributed by atoms with van der Waals surface area (Å²) in [6.07, 6.45) is 5.32. The average molecular weight is 292 g/mol. The minimum Gasteiger partial charge on any atom is -0.313 e. The lowest BCUT2D eigenvalue weighted by molar-refractivity contribution is 0.246. The lowest BCUT2D eigenvalue weighted by atomic mass is 9.79. The van der Waals surface area contributed by atoms with Crippen molar-refractivity contribution in [2.24, 2.45) is 11.8 Å². The second kappa shape index (κ2) is 8.09. The zero-order valence-corrected chi connectivity index (χ0v) is 14.0. The van der Waals surface area contributed by atoms with Crippen LogP contribution in [0.5, 0.6) is 0 Å². The van der Waals surface area contributed by atoms with E-state index < -0.39 is 0 Å². The molecule has 0 heterocycles. The highest BCUT2D eigenvalue weighted by Gasteiger charge is 2.31. The zero-order valence-electron chi connectivity index (χ0n) is 13.1. The molecule has 1 saturated carbocycles. The Morgan fingerprint density at radius 2 is 1.95 bits per heavy atom. The number of hydrogen-bond donors (Lipinski definition) is 1. The van der Waals surface area contributed by atoms with E-state index in [4.69, 9.17) is 0 Å². The fourth-order valence-electron chi connectivity index (χ4n) is 3.13. The highest BCUT2D eigenvalue weighted by molar-refractivity contribution is 8.00. The lowest BCUT2D eigenvalue weighted by Crippen LogP contribution is -2.43. The summed E-state index contributed by atoms with van der Waals surface area (Å²) < 4.78 is 0. The molecule has 0 spiro atoms. The molecule has 0 aromatic heterocycles. The quantitative estimate of drug-likeness (QED) is 0.794. The van der Waals surface area contributed by atoms with Crippen molar-refractivity contribution in [3.05, 3.63) is 30.3 Å². The van der Waals surface area contributed by atoms with Crippen LogP contribution in [0.15, 0.2) is 35.2 Å². The number of benzene rings is 1. The molecule has 112 valence electrons. The third-order valence-corrected chi connectivity index (χ3v) is 5.83. The molecule has 0 amide bonds. The Morgan fingerprint density at radius 3 is 2.60 bits per heavy atom. The first-order valence-corrected chi connectivity index (χ1v) is 9.03. The van der Waals surface area contributed by atoms with E-state index in [1.54, 1.807) is 0 Å². The molecule has 1 N–H and O–H groups in total. The van der Waals surface area contributed by atoms with E-state index in [1.807, 2.05) is 0 Å². The van der Waals surface area contributed by atoms with E-state index in [1.165, 1.54) is 30.6 Å². The normalized spacial score (nSPS) is 26.9. The van der Waals surface area contributed by atoms with Gasteiger partial charge in [0.2, 0.25) is 0 Å². The van der Waals surface area contributed by atoms with E-state index in [0.29, 0.717) is 6.04 Å². The van der Waals surface area contributed by atoms with Crippen molar-refractivity contribution in [2.75, 3.05) is 6.54 Å². The van der Waals surface area contributed by atoms with Gasteiger partial charge < -0.3 is 5.32 Å². The molecule has 1 aromatic rings. The molecule has 0 radical (unpaired) electrons. The van der Waals surface area contributed by atoms with Crippen LogP contribution in [0.4, 0.5) is 0 Å². The van der Waals surface area contributed by atoms with Gasteiger partial charge in [-0.3, -0.25) is 0 Å². The summed E-state index contributed by atoms with van der Waals surface area (Å²) in [7, 11) is 0. The summed E-state index contributed by atoms with van der Waals surface area (Å²) in [6, 6.07) is 11.6. The Labute approximate surface area is 128 Å². The molecule has 0 saturated heterocycles. The smallest absolute Gasteiger partial charge is 0.0251 e. The van der Waals surface area contributed by atoms with Crippen molar-refractivity contribution < 1.29 is 0 Å². The van der Waals surface area contributed by atoms with Crippen molar-refractivity contribution in [3.8, 4) is 0 Å². The summed E-state index contributed by atoms with van der Waals surface area (Å²) in [5.74, 6) is 1.72. The van der Waals surface area contributed by atoms with E-state index >= 15 is 0 Å². The first kappa shape index (κ1) is 15.9. The van der Waals surface area contributed by atoms with Crippen molar-refractivity contribution in [1.82, 2.24) is 5.32 Å². The van der Waals surface area contributed by atoms with Gasteiger partial charge in [-0.05, 0) is 56.2 Å². The van der Waals surface area contributed by atoms with Gasteiger partial charge >= 0.3 is 0 Å². The van der Waals surface area contributed by atoms with Gasteiger partial charge in [-0.15, -0.1) is 11.8 Å². The van der Waals surface area contributed by atoms with Crippen molar-refractivity contribution in [2.45, 2.75) is 62.6 Å². The summed E-state index contributed by atoms with van der Waals surface area (Å²) in [6.45, 7) is 8.18. The fourth-order valence-corrected chi connectivity index (χ4v) is 4.54. The Hall–Kier alpha value is -0.470. The molecule has 3 atom stereocenters. The third kappa shape index (κ3) is 4.53. The van der Waals surface area contributed by atoms with Gasteiger partial charge in [0.1, 0.15) is 0 Å². The molecule has 2 rings (SSSR count). The topological polar surface area (TPSA) is 12.0 Å². The first-order valence-electron chi connectivity index (χ1n) is 8.15. The van der Waals surface area contributed by atoms with E-state index in [9.17, 15) is 0 Å². The number of nitrogens with one attached hydrogen (secondary N) is 1. The molecular formula is C18H29NS. The Balaban J connectivity index is 2.01. The van der Waals surface area contributed by atoms with Crippen molar-refractivity contribution >= 4 is 11.8 Å². The molecule has 2 heteroatoms. The number of thioether (sulfide) groups is 1. The number of hydrogen-bond acceptors (Lipinski definition) is 2. The van der Waals surface area contributed by atoms with Gasteiger partial charge in [-0.2, -0.15) is 0 Å². The molecular weight excluding hydrogens is 262 g/mol. The monoisotopic (exact) mass is 291 g/mol. The molecule has 1 aromatic carbocycles. The second-order valence-electron chi connectivity index (χ2n) is 6.35. The Morgan fingerprint density at radius 1 is 1.20 bits per heavy atom. The minimum atomic E-state index is 0.690. The standard InChI is InChI=1S/C18H29NS/c1-4-12-19-17-11-10-15(14(2)3)13-18(17)20-16-8-6-5-7-9-16/h5-9,14-15,17-19H,4,10-13H2,1-3H3. The van der Waals surface area contributed by atoms with Gasteiger partial charge in [0, 0.05) is 16.2 Å². The molecule has 1 fully saturated rings. The lowest BCUT2D eigenvalue weighted by Gasteiger charge is -2.38. The van der Waals surface area contributed by atoms with Crippen LogP contribution < -0.4 is 5.32 Å². The van der Waals surface area contributed by atoms with Gasteiger partial charge in [0.25, 0.3) is 0 Å². The first-order chi connectivity index (χ1) is 9.70. The van der Waals surface area contributed by atoms with E-state index in [0.717, 1.165) is 23.6 Å². The van der Waals surface area contributed by atoms with Crippen LogP contribution in [-0.4, -0.2) is 17.8 Å². The van der Waals surface area contributed by atoms with Gasteiger partial charge in [-0.25, -0.2) is 0 Å². The molecule has 1 aliphatic rings. The van der Waals surface area contributed by atoms with Gasteiger partial charge in [0.15, 0.2) is 0 Å². The highest BCUT2D eigenvalue weighted by Crippen LogP contribution is 2.39. The van der Waals surface area contributed by atoms with Crippen LogP contribution in [0.2, 0.25) is 0 Å². The molecule has 1 nitrogen and oxygen atoms in total. The summed E-state index contributed by atoms with van der Waals surface area (Å²) >= 11 is 2.08. The average Bonchev–Trinajstić information content (AvgIpc) is 2.47. The van der Waals surface area contributed by atoms with E-state index in [2.05, 4.69) is 68.2 Å². The molecule has 1 aliphatic carbocycles. The molecule has 20 heavy (non-hydrogen) atoms. The Kier molecular flexibility index (Phi) is 6.44. The predicted molar refractivity (Wildman–Crippen MR) is 90.3 cm³/mol. The SMILES string of the molecule is CCCNC1CCC(C(C)C)CC1Sc1ccccc1. The maximum atomic E-state index is 3.78. The van der Waals surface area contributed by atoms with Crippen LogP contribution in [0.25, 0.3) is 0 Å². The summed E-state index contributed by atoms with van der Waals surface area (Å²) in [5, 5.41) is 4.51. The second-order valence-corrected chi connectivity index (χ2v) is 7.66. The van der Waals surface area contributed by atoms with Crippen molar-refractivity contribution in [1.29, 1.82) is 0 Å². The van der Waals surface area contributed by atoms with Crippen LogP contribution in [0.3, 0.4) is 0 Å². The number of rotatable bonds is 6. The third-order valence-electron chi connectivity index (χ3n) is 4.46. The van der Waals surface area contributed by atoms with Gasteiger partial charge in [0.05, 0.1) is 0 Å². The minimum absolute atomic E-state index is 0.690. The molecule has 0 bridgehead atoms. The van der Waals surface area contributed by atoms with Crippen LogP contribution in [0.1, 0.15) is 46.5 Å². The maximum Gasteiger partial charge on any atom is 0.0251 e. The van der Waals surface area contributed by atoms with Gasteiger partial charge in [-0.1, -0.05) is 39.0 Å². The fraction of sp³-hybridized carbons (Fsp3) is 0.667. The van der Waals surface area contributed by atoms with Crippen LogP contribution >= 0.6 is 11.8 Å². The highest BCUT2D eigenvalue weighted by atomic mass is 32.2. The largest absolute Gasteiger partial charge is 0.313 e. The van der Waals surface area contributed by atoms with E-state index in [-0.39, 0.29) is 0 Å². The summed E-state index contributed by atoms with van der Waals surface area (Å²) in [4.78, 5) is 1.42. The van der Waals surface area contributed by atoms with Crippen LogP contribution in [-0.2, 0) is 0 Å². The zero-order chi connectivity index (χ0) is 14.4. The molecule has 0 aliphatic heterocycles. The maximum absolute atomic E-state index is 3.78. The van der Waals surface area contributed by atoms with Crippen LogP contribution in [0, 0.1) is 11.8 Å². The predicted octanol–water partition coefficient (Wildman–Crippen LogP) is 4.97. The Bertz CT molecular complexity index is 376. The molecule has 3 unspecified atom stereocenters.